The van der Waals surface area contributed by atoms with Gasteiger partial charge < -0.3 is 10.2 Å². The van der Waals surface area contributed by atoms with Crippen LogP contribution in [-0.4, -0.2) is 33.8 Å². The van der Waals surface area contributed by atoms with Crippen LogP contribution in [0.2, 0.25) is 5.02 Å². The molecule has 26 heavy (non-hydrogen) atoms. The highest BCUT2D eigenvalue weighted by molar-refractivity contribution is 6.32. The van der Waals surface area contributed by atoms with E-state index in [9.17, 15) is 14.9 Å². The molecule has 2 aliphatic carbocycles. The molecule has 4 rings (SSSR count). The largest absolute Gasteiger partial charge is 0.352 e. The number of carbonyl (C=O) groups is 2. The Morgan fingerprint density at radius 3 is 2.96 bits per heavy atom. The summed E-state index contributed by atoms with van der Waals surface area (Å²) >= 11 is 6.33. The zero-order chi connectivity index (χ0) is 18.3. The average molecular weight is 371 g/mol. The molecule has 1 aliphatic heterocycles. The fourth-order valence-electron chi connectivity index (χ4n) is 4.14. The van der Waals surface area contributed by atoms with E-state index < -0.39 is 6.04 Å². The summed E-state index contributed by atoms with van der Waals surface area (Å²) < 4.78 is 0. The first-order valence-electron chi connectivity index (χ1n) is 8.95. The summed E-state index contributed by atoms with van der Waals surface area (Å²) in [6.07, 6.45) is 8.09. The molecule has 2 heterocycles. The molecule has 3 aliphatic rings. The van der Waals surface area contributed by atoms with Gasteiger partial charge in [-0.05, 0) is 12.8 Å². The average Bonchev–Trinajstić information content (AvgIpc) is 3.28. The van der Waals surface area contributed by atoms with Crippen molar-refractivity contribution < 1.29 is 9.59 Å². The molecule has 0 spiro atoms. The molecule has 0 aromatic carbocycles. The third-order valence-electron chi connectivity index (χ3n) is 5.47. The van der Waals surface area contributed by atoms with E-state index in [0.717, 1.165) is 42.5 Å². The number of rotatable bonds is 4. The number of nitrogens with zero attached hydrogens (tertiary/aromatic N) is 3. The van der Waals surface area contributed by atoms with Crippen LogP contribution in [0.4, 0.5) is 0 Å². The molecule has 1 N–H and O–H groups in total. The van der Waals surface area contributed by atoms with Crippen LogP contribution in [0.3, 0.4) is 0 Å². The van der Waals surface area contributed by atoms with E-state index in [2.05, 4.69) is 16.4 Å². The zero-order valence-electron chi connectivity index (χ0n) is 14.3. The maximum Gasteiger partial charge on any atom is 0.255 e. The Kier molecular flexibility index (Phi) is 4.41. The van der Waals surface area contributed by atoms with Crippen LogP contribution in [0, 0.1) is 11.3 Å². The Balaban J connectivity index is 1.65. The van der Waals surface area contributed by atoms with Gasteiger partial charge in [0.2, 0.25) is 5.91 Å². The molecule has 1 atom stereocenters. The lowest BCUT2D eigenvalue weighted by molar-refractivity contribution is -0.137. The van der Waals surface area contributed by atoms with E-state index in [-0.39, 0.29) is 30.8 Å². The SMILES string of the molecule is N#CC[C@H](C(=O)NC1CCCC1)N1Cc2c(Cl)cnc3c2C(=CC3)C1=O. The molecule has 134 valence electrons. The van der Waals surface area contributed by atoms with Gasteiger partial charge in [0.1, 0.15) is 6.04 Å². The number of nitrogens with one attached hydrogen (secondary N) is 1. The van der Waals surface area contributed by atoms with E-state index in [1.807, 2.05) is 6.08 Å². The minimum absolute atomic E-state index is 0.0392. The standard InChI is InChI=1S/C19H19ClN4O2/c20-14-9-22-15-6-5-12-17(15)13(14)10-24(19(12)26)16(7-8-21)18(25)23-11-3-1-2-4-11/h5,9,11,16H,1-4,6-7,10H2,(H,23,25)/t16-/m1/s1. The molecule has 1 aromatic heterocycles. The Morgan fingerprint density at radius 1 is 1.46 bits per heavy atom. The van der Waals surface area contributed by atoms with Crippen LogP contribution in [0.15, 0.2) is 12.3 Å². The quantitative estimate of drug-likeness (QED) is 0.881. The number of allylic oxidation sites excluding steroid dienone is 1. The van der Waals surface area contributed by atoms with Crippen LogP contribution in [0.1, 0.15) is 48.9 Å². The third kappa shape index (κ3) is 2.77. The van der Waals surface area contributed by atoms with E-state index in [0.29, 0.717) is 17.0 Å². The minimum atomic E-state index is -0.810. The van der Waals surface area contributed by atoms with Gasteiger partial charge in [0.05, 0.1) is 23.2 Å². The predicted molar refractivity (Wildman–Crippen MR) is 95.9 cm³/mol. The summed E-state index contributed by atoms with van der Waals surface area (Å²) in [4.78, 5) is 31.6. The molecule has 0 radical (unpaired) electrons. The smallest absolute Gasteiger partial charge is 0.255 e. The summed E-state index contributed by atoms with van der Waals surface area (Å²) in [6, 6.07) is 1.39. The number of hydrogen-bond donors (Lipinski definition) is 1. The maximum atomic E-state index is 13.0. The van der Waals surface area contributed by atoms with Crippen molar-refractivity contribution >= 4 is 29.0 Å². The fourth-order valence-corrected chi connectivity index (χ4v) is 4.34. The van der Waals surface area contributed by atoms with Crippen molar-refractivity contribution in [2.75, 3.05) is 0 Å². The summed E-state index contributed by atoms with van der Waals surface area (Å²) in [6.45, 7) is 0.226. The lowest BCUT2D eigenvalue weighted by atomic mass is 9.95. The van der Waals surface area contributed by atoms with E-state index in [1.54, 1.807) is 6.20 Å². The van der Waals surface area contributed by atoms with Gasteiger partial charge in [-0.25, -0.2) is 0 Å². The number of halogens is 1. The van der Waals surface area contributed by atoms with Gasteiger partial charge in [0, 0.05) is 41.9 Å². The van der Waals surface area contributed by atoms with Crippen molar-refractivity contribution in [2.24, 2.45) is 0 Å². The Bertz CT molecular complexity index is 852. The van der Waals surface area contributed by atoms with Gasteiger partial charge in [0.15, 0.2) is 0 Å². The van der Waals surface area contributed by atoms with E-state index >= 15 is 0 Å². The molecule has 1 aromatic rings. The first kappa shape index (κ1) is 17.0. The number of carbonyl (C=O) groups excluding carboxylic acids is 2. The van der Waals surface area contributed by atoms with Crippen molar-refractivity contribution in [2.45, 2.75) is 57.2 Å². The first-order chi connectivity index (χ1) is 12.6. The molecule has 0 saturated heterocycles. The second-order valence-electron chi connectivity index (χ2n) is 7.03. The molecule has 6 nitrogen and oxygen atoms in total. The molecule has 1 saturated carbocycles. The van der Waals surface area contributed by atoms with Crippen molar-refractivity contribution in [1.82, 2.24) is 15.2 Å². The predicted octanol–water partition coefficient (Wildman–Crippen LogP) is 2.36. The van der Waals surface area contributed by atoms with Crippen molar-refractivity contribution in [3.8, 4) is 6.07 Å². The summed E-state index contributed by atoms with van der Waals surface area (Å²) in [7, 11) is 0. The molecule has 1 fully saturated rings. The fraction of sp³-hybridized carbons (Fsp3) is 0.474. The number of nitriles is 1. The van der Waals surface area contributed by atoms with Crippen molar-refractivity contribution in [3.05, 3.63) is 34.1 Å². The summed E-state index contributed by atoms with van der Waals surface area (Å²) in [5, 5.41) is 12.7. The molecule has 0 unspecified atom stereocenters. The highest BCUT2D eigenvalue weighted by Gasteiger charge is 2.40. The lowest BCUT2D eigenvalue weighted by Crippen LogP contribution is -2.52. The Hall–Kier alpha value is -2.39. The monoisotopic (exact) mass is 370 g/mol. The molecule has 7 heteroatoms. The highest BCUT2D eigenvalue weighted by atomic mass is 35.5. The summed E-state index contributed by atoms with van der Waals surface area (Å²) in [5.74, 6) is -0.471. The van der Waals surface area contributed by atoms with E-state index in [4.69, 9.17) is 11.6 Å². The third-order valence-corrected chi connectivity index (χ3v) is 5.79. The molecule has 2 amide bonds. The molecule has 0 bridgehead atoms. The van der Waals surface area contributed by atoms with Gasteiger partial charge in [-0.3, -0.25) is 14.6 Å². The topological polar surface area (TPSA) is 86.1 Å². The van der Waals surface area contributed by atoms with Crippen molar-refractivity contribution in [1.29, 1.82) is 5.26 Å². The van der Waals surface area contributed by atoms with E-state index in [1.165, 1.54) is 4.90 Å². The number of pyridine rings is 1. The minimum Gasteiger partial charge on any atom is -0.352 e. The second-order valence-corrected chi connectivity index (χ2v) is 7.44. The van der Waals surface area contributed by atoms with Crippen LogP contribution in [0.25, 0.3) is 5.57 Å². The van der Waals surface area contributed by atoms with Gasteiger partial charge in [0.25, 0.3) is 5.91 Å². The van der Waals surface area contributed by atoms with Crippen LogP contribution < -0.4 is 5.32 Å². The number of hydrogen-bond acceptors (Lipinski definition) is 4. The van der Waals surface area contributed by atoms with Gasteiger partial charge >= 0.3 is 0 Å². The van der Waals surface area contributed by atoms with Crippen LogP contribution in [-0.2, 0) is 22.6 Å². The van der Waals surface area contributed by atoms with Gasteiger partial charge in [-0.1, -0.05) is 30.5 Å². The zero-order valence-corrected chi connectivity index (χ0v) is 15.1. The summed E-state index contributed by atoms with van der Waals surface area (Å²) in [5.41, 5.74) is 3.02. The van der Waals surface area contributed by atoms with Crippen LogP contribution in [0.5, 0.6) is 0 Å². The van der Waals surface area contributed by atoms with Crippen molar-refractivity contribution in [3.63, 3.8) is 0 Å². The molecular formula is C19H19ClN4O2. The van der Waals surface area contributed by atoms with Gasteiger partial charge in [-0.15, -0.1) is 0 Å². The Morgan fingerprint density at radius 2 is 2.23 bits per heavy atom. The first-order valence-corrected chi connectivity index (χ1v) is 9.33. The maximum absolute atomic E-state index is 13.0. The van der Waals surface area contributed by atoms with Crippen LogP contribution >= 0.6 is 11.6 Å². The second kappa shape index (κ2) is 6.73. The van der Waals surface area contributed by atoms with Gasteiger partial charge in [-0.2, -0.15) is 5.26 Å². The Labute approximate surface area is 156 Å². The number of aromatic nitrogens is 1. The molecular weight excluding hydrogens is 352 g/mol. The lowest BCUT2D eigenvalue weighted by Gasteiger charge is -2.35. The number of amides is 2. The normalized spacial score (nSPS) is 19.8. The highest BCUT2D eigenvalue weighted by Crippen LogP contribution is 2.39.